The van der Waals surface area contributed by atoms with Crippen molar-refractivity contribution >= 4 is 35.5 Å². The highest BCUT2D eigenvalue weighted by Gasteiger charge is 2.41. The van der Waals surface area contributed by atoms with E-state index in [2.05, 4.69) is 15.3 Å². The van der Waals surface area contributed by atoms with Crippen LogP contribution >= 0.6 is 11.6 Å². The fourth-order valence-corrected chi connectivity index (χ4v) is 3.37. The van der Waals surface area contributed by atoms with Gasteiger partial charge in [0.15, 0.2) is 0 Å². The van der Waals surface area contributed by atoms with Crippen LogP contribution in [-0.2, 0) is 0 Å². The monoisotopic (exact) mass is 394 g/mol. The quantitative estimate of drug-likeness (QED) is 0.487. The molecule has 0 radical (unpaired) electrons. The van der Waals surface area contributed by atoms with Gasteiger partial charge in [-0.05, 0) is 30.2 Å². The maximum absolute atomic E-state index is 13.3. The fraction of sp³-hybridized carbons (Fsp3) is 0.333. The summed E-state index contributed by atoms with van der Waals surface area (Å²) in [7, 11) is 0. The van der Waals surface area contributed by atoms with E-state index in [1.165, 1.54) is 12.1 Å². The molecule has 1 aromatic carbocycles. The first-order chi connectivity index (χ1) is 12.9. The average molecular weight is 395 g/mol. The minimum Gasteiger partial charge on any atom is -0.396 e. The van der Waals surface area contributed by atoms with E-state index >= 15 is 0 Å². The van der Waals surface area contributed by atoms with Crippen LogP contribution in [0.4, 0.5) is 16.2 Å². The zero-order valence-corrected chi connectivity index (χ0v) is 15.0. The number of benzene rings is 1. The van der Waals surface area contributed by atoms with Gasteiger partial charge in [0.2, 0.25) is 5.95 Å². The van der Waals surface area contributed by atoms with Gasteiger partial charge in [0.05, 0.1) is 17.7 Å². The highest BCUT2D eigenvalue weighted by molar-refractivity contribution is 6.31. The lowest BCUT2D eigenvalue weighted by Gasteiger charge is -2.20. The van der Waals surface area contributed by atoms with Gasteiger partial charge in [-0.2, -0.15) is 4.98 Å². The molecule has 9 heteroatoms. The van der Waals surface area contributed by atoms with Crippen LogP contribution in [0.25, 0.3) is 12.2 Å². The van der Waals surface area contributed by atoms with Gasteiger partial charge in [0.25, 0.3) is 0 Å². The van der Waals surface area contributed by atoms with Crippen molar-refractivity contribution in [3.8, 4) is 0 Å². The molecule has 0 unspecified atom stereocenters. The van der Waals surface area contributed by atoms with Crippen LogP contribution in [0.5, 0.6) is 0 Å². The zero-order valence-electron chi connectivity index (χ0n) is 14.3. The van der Waals surface area contributed by atoms with Gasteiger partial charge in [-0.25, -0.2) is 9.37 Å². The summed E-state index contributed by atoms with van der Waals surface area (Å²) < 4.78 is 13.3. The molecule has 27 heavy (non-hydrogen) atoms. The summed E-state index contributed by atoms with van der Waals surface area (Å²) in [5.74, 6) is -0.598. The van der Waals surface area contributed by atoms with Crippen molar-refractivity contribution in [2.24, 2.45) is 5.92 Å². The maximum Gasteiger partial charge on any atom is 0.223 e. The Labute approximate surface area is 160 Å². The van der Waals surface area contributed by atoms with E-state index in [9.17, 15) is 19.7 Å². The molecule has 3 rings (SSSR count). The first-order valence-electron chi connectivity index (χ1n) is 8.39. The zero-order chi connectivity index (χ0) is 19.6. The molecular weight excluding hydrogens is 375 g/mol. The van der Waals surface area contributed by atoms with E-state index in [0.29, 0.717) is 17.5 Å². The maximum atomic E-state index is 13.3. The van der Waals surface area contributed by atoms with Crippen molar-refractivity contribution < 1.29 is 19.7 Å². The van der Waals surface area contributed by atoms with Gasteiger partial charge in [0, 0.05) is 12.5 Å². The minimum atomic E-state index is -1.09. The van der Waals surface area contributed by atoms with Crippen molar-refractivity contribution in [2.75, 3.05) is 17.7 Å². The van der Waals surface area contributed by atoms with Crippen molar-refractivity contribution in [1.82, 2.24) is 9.97 Å². The predicted octanol–water partition coefficient (Wildman–Crippen LogP) is 1.54. The highest BCUT2D eigenvalue weighted by Crippen LogP contribution is 2.31. The van der Waals surface area contributed by atoms with Gasteiger partial charge in [-0.3, -0.25) is 0 Å². The molecule has 1 aliphatic rings. The summed E-state index contributed by atoms with van der Waals surface area (Å²) in [5.41, 5.74) is 6.70. The molecule has 0 saturated heterocycles. The Morgan fingerprint density at radius 3 is 2.70 bits per heavy atom. The normalized spacial score (nSPS) is 25.2. The number of rotatable bonds is 5. The molecule has 0 aliphatic heterocycles. The van der Waals surface area contributed by atoms with Crippen molar-refractivity contribution in [1.29, 1.82) is 0 Å². The summed E-state index contributed by atoms with van der Waals surface area (Å²) in [4.78, 5) is 8.05. The topological polar surface area (TPSA) is 125 Å². The largest absolute Gasteiger partial charge is 0.396 e. The molecule has 1 heterocycles. The van der Waals surface area contributed by atoms with E-state index in [1.807, 2.05) is 0 Å². The van der Waals surface area contributed by atoms with Crippen LogP contribution in [0.2, 0.25) is 5.15 Å². The smallest absolute Gasteiger partial charge is 0.223 e. The van der Waals surface area contributed by atoms with E-state index in [-0.39, 0.29) is 29.3 Å². The predicted molar refractivity (Wildman–Crippen MR) is 101 cm³/mol. The Bertz CT molecular complexity index is 851. The summed E-state index contributed by atoms with van der Waals surface area (Å²) in [6, 6.07) is 5.46. The van der Waals surface area contributed by atoms with Gasteiger partial charge in [-0.1, -0.05) is 29.8 Å². The molecule has 2 aromatic rings. The fourth-order valence-electron chi connectivity index (χ4n) is 3.13. The number of aliphatic hydroxyl groups excluding tert-OH is 3. The number of nitrogens with one attached hydrogen (secondary N) is 1. The molecule has 0 spiro atoms. The summed E-state index contributed by atoms with van der Waals surface area (Å²) in [6.45, 7) is -0.241. The number of halogens is 2. The number of anilines is 2. The number of aromatic nitrogens is 2. The first kappa shape index (κ1) is 19.5. The summed E-state index contributed by atoms with van der Waals surface area (Å²) in [6.07, 6.45) is 1.46. The number of hydrogen-bond acceptors (Lipinski definition) is 7. The van der Waals surface area contributed by atoms with Crippen LogP contribution in [-0.4, -0.2) is 50.1 Å². The van der Waals surface area contributed by atoms with Crippen molar-refractivity contribution in [3.05, 3.63) is 46.4 Å². The molecule has 1 aliphatic carbocycles. The van der Waals surface area contributed by atoms with Crippen molar-refractivity contribution in [2.45, 2.75) is 24.7 Å². The lowest BCUT2D eigenvalue weighted by molar-refractivity contribution is 0.00445. The van der Waals surface area contributed by atoms with Crippen LogP contribution in [0.3, 0.4) is 0 Å². The third-order valence-corrected chi connectivity index (χ3v) is 4.85. The average Bonchev–Trinajstić information content (AvgIpc) is 2.89. The lowest BCUT2D eigenvalue weighted by atomic mass is 10.1. The number of nitrogens with two attached hydrogens (primary N) is 1. The standard InChI is InChI=1S/C18H20ClFN4O3/c19-16-12(5-4-9-2-1-3-11(20)6-9)17(24-18(21)23-16)22-13-7-10(8-25)14(26)15(13)27/h1-6,10,13-15,25-27H,7-8H2,(H3,21,22,23,24)/b5-4+/t10-,13-,14-,15+/m1/s1. The van der Waals surface area contributed by atoms with Crippen LogP contribution < -0.4 is 11.1 Å². The van der Waals surface area contributed by atoms with E-state index < -0.39 is 24.2 Å². The summed E-state index contributed by atoms with van der Waals surface area (Å²) >= 11 is 6.19. The number of hydrogen-bond donors (Lipinski definition) is 5. The minimum absolute atomic E-state index is 0.0582. The lowest BCUT2D eigenvalue weighted by Crippen LogP contribution is -2.35. The third kappa shape index (κ3) is 4.36. The van der Waals surface area contributed by atoms with Crippen LogP contribution in [0.1, 0.15) is 17.5 Å². The van der Waals surface area contributed by atoms with Crippen LogP contribution in [0, 0.1) is 11.7 Å². The second-order valence-electron chi connectivity index (χ2n) is 6.43. The van der Waals surface area contributed by atoms with Gasteiger partial charge in [0.1, 0.15) is 22.9 Å². The molecule has 7 nitrogen and oxygen atoms in total. The Morgan fingerprint density at radius 2 is 2.04 bits per heavy atom. The Balaban J connectivity index is 1.89. The molecule has 1 saturated carbocycles. The van der Waals surface area contributed by atoms with E-state index in [4.69, 9.17) is 17.3 Å². The molecule has 4 atom stereocenters. The second-order valence-corrected chi connectivity index (χ2v) is 6.79. The molecule has 0 amide bonds. The number of nitrogen functional groups attached to an aromatic ring is 1. The Hall–Kier alpha value is -2.26. The molecule has 1 fully saturated rings. The molecule has 144 valence electrons. The van der Waals surface area contributed by atoms with E-state index in [0.717, 1.165) is 0 Å². The second kappa shape index (κ2) is 8.18. The highest BCUT2D eigenvalue weighted by atomic mass is 35.5. The number of aliphatic hydroxyl groups is 3. The Morgan fingerprint density at radius 1 is 1.26 bits per heavy atom. The van der Waals surface area contributed by atoms with Crippen molar-refractivity contribution in [3.63, 3.8) is 0 Å². The number of nitrogens with zero attached hydrogens (tertiary/aromatic N) is 2. The van der Waals surface area contributed by atoms with E-state index in [1.54, 1.807) is 24.3 Å². The van der Waals surface area contributed by atoms with Gasteiger partial charge < -0.3 is 26.4 Å². The molecular formula is C18H20ClFN4O3. The van der Waals surface area contributed by atoms with Crippen LogP contribution in [0.15, 0.2) is 24.3 Å². The third-order valence-electron chi connectivity index (χ3n) is 4.57. The van der Waals surface area contributed by atoms with Gasteiger partial charge >= 0.3 is 0 Å². The molecule has 0 bridgehead atoms. The summed E-state index contributed by atoms with van der Waals surface area (Å²) in [5, 5.41) is 32.6. The Kier molecular flexibility index (Phi) is 5.91. The first-order valence-corrected chi connectivity index (χ1v) is 8.77. The molecule has 6 N–H and O–H groups in total. The SMILES string of the molecule is Nc1nc(Cl)c(/C=C/c2cccc(F)c2)c(N[C@@H]2C[C@H](CO)[C@@H](O)[C@H]2O)n1. The van der Waals surface area contributed by atoms with Gasteiger partial charge in [-0.15, -0.1) is 0 Å². The molecule has 1 aromatic heterocycles.